The van der Waals surface area contributed by atoms with E-state index in [1.54, 1.807) is 25.4 Å². The number of rotatable bonds is 12. The predicted octanol–water partition coefficient (Wildman–Crippen LogP) is 6.32. The lowest BCUT2D eigenvalue weighted by molar-refractivity contribution is -0.117. The lowest BCUT2D eigenvalue weighted by Gasteiger charge is -2.15. The summed E-state index contributed by atoms with van der Waals surface area (Å²) in [5.41, 5.74) is 10.4. The van der Waals surface area contributed by atoms with Crippen molar-refractivity contribution in [2.75, 3.05) is 18.5 Å². The van der Waals surface area contributed by atoms with Crippen molar-refractivity contribution in [1.29, 1.82) is 0 Å². The molecule has 0 fully saturated rings. The number of nitrogens with two attached hydrogens (primary N) is 1. The highest BCUT2D eigenvalue weighted by molar-refractivity contribution is 5.94. The Hall–Kier alpha value is -3.94. The molecule has 0 radical (unpaired) electrons. The number of benzene rings is 1. The highest BCUT2D eigenvalue weighted by Crippen LogP contribution is 2.37. The first-order chi connectivity index (χ1) is 19.3. The number of ketones is 1. The number of carbonyl (C=O) groups is 2. The summed E-state index contributed by atoms with van der Waals surface area (Å²) in [5, 5.41) is 6.36. The maximum atomic E-state index is 12.7. The van der Waals surface area contributed by atoms with Gasteiger partial charge >= 0.3 is 0 Å². The number of hydrogen-bond donors (Lipinski definition) is 3. The van der Waals surface area contributed by atoms with Crippen molar-refractivity contribution in [2.24, 2.45) is 22.1 Å². The first-order valence-electron chi connectivity index (χ1n) is 14.2. The van der Waals surface area contributed by atoms with Crippen molar-refractivity contribution >= 4 is 29.3 Å². The van der Waals surface area contributed by atoms with Crippen LogP contribution in [0.3, 0.4) is 0 Å². The summed E-state index contributed by atoms with van der Waals surface area (Å²) in [6.07, 6.45) is 7.34. The predicted molar refractivity (Wildman–Crippen MR) is 169 cm³/mol. The normalized spacial score (nSPS) is 13.5. The number of nitrogens with zero attached hydrogens (tertiary/aromatic N) is 2. The van der Waals surface area contributed by atoms with Gasteiger partial charge in [-0.05, 0) is 54.5 Å². The molecule has 2 aromatic rings. The highest BCUT2D eigenvalue weighted by Gasteiger charge is 2.22. The third-order valence-electron chi connectivity index (χ3n) is 6.07. The van der Waals surface area contributed by atoms with Crippen molar-refractivity contribution in [3.63, 3.8) is 0 Å². The summed E-state index contributed by atoms with van der Waals surface area (Å²) in [5.74, 6) is 2.00. The molecule has 8 heteroatoms. The number of aromatic nitrogens is 1. The number of pyridine rings is 1. The van der Waals surface area contributed by atoms with Gasteiger partial charge in [0.1, 0.15) is 23.2 Å². The molecular formula is C33H47N5O3. The molecule has 41 heavy (non-hydrogen) atoms. The number of amides is 1. The standard InChI is InChI=1S/C28H35N5O3.C5H12/c1-5-21(13-19(3)34)15-33-28(35)23-8-6-7-22(14-23)16-31-27-24-10-12-36-26(24)25(17-32-27)18(2)9-11-30-20(4)29;1-5(2,3)4/h6-9,11,14,17,21H,4-5,10,12-13,15-16,29H2,1-3H3,(H,31,32)(H,33,35);1-4H3/b18-9+,30-11-;. The number of fused-ring (bicyclic) bond motifs is 1. The zero-order valence-electron chi connectivity index (χ0n) is 25.8. The van der Waals surface area contributed by atoms with Crippen LogP contribution in [-0.4, -0.2) is 36.0 Å². The van der Waals surface area contributed by atoms with Crippen molar-refractivity contribution in [2.45, 2.75) is 74.3 Å². The van der Waals surface area contributed by atoms with Crippen molar-refractivity contribution < 1.29 is 14.3 Å². The van der Waals surface area contributed by atoms with Gasteiger partial charge in [-0.1, -0.05) is 59.8 Å². The molecule has 3 rings (SSSR count). The molecule has 0 spiro atoms. The topological polar surface area (TPSA) is 119 Å². The molecule has 1 unspecified atom stereocenters. The van der Waals surface area contributed by atoms with Gasteiger partial charge in [0.15, 0.2) is 0 Å². The van der Waals surface area contributed by atoms with E-state index in [-0.39, 0.29) is 23.4 Å². The SMILES string of the molecule is C=C(N)/N=C\C=C(/C)c1cnc(NCc2cccc(C(=O)NCC(CC)CC(C)=O)c2)c2c1OCC2.CC(C)(C)C. The molecule has 8 nitrogen and oxygen atoms in total. The van der Waals surface area contributed by atoms with Crippen LogP contribution >= 0.6 is 0 Å². The van der Waals surface area contributed by atoms with Gasteiger partial charge in [0.05, 0.1) is 6.61 Å². The van der Waals surface area contributed by atoms with E-state index in [9.17, 15) is 9.59 Å². The van der Waals surface area contributed by atoms with Crippen molar-refractivity contribution in [1.82, 2.24) is 10.3 Å². The maximum Gasteiger partial charge on any atom is 0.251 e. The largest absolute Gasteiger partial charge is 0.492 e. The second-order valence-electron chi connectivity index (χ2n) is 12.0. The van der Waals surface area contributed by atoms with Gasteiger partial charge in [-0.25, -0.2) is 9.98 Å². The van der Waals surface area contributed by atoms with Crippen LogP contribution in [0.5, 0.6) is 5.75 Å². The van der Waals surface area contributed by atoms with Gasteiger partial charge in [0, 0.05) is 55.0 Å². The van der Waals surface area contributed by atoms with Crippen LogP contribution in [-0.2, 0) is 17.8 Å². The molecule has 1 aromatic heterocycles. The molecule has 0 aliphatic carbocycles. The fraction of sp³-hybridized carbons (Fsp3) is 0.455. The van der Waals surface area contributed by atoms with Crippen LogP contribution in [0.4, 0.5) is 5.82 Å². The molecule has 0 bridgehead atoms. The molecule has 1 atom stereocenters. The Morgan fingerprint density at radius 3 is 2.59 bits per heavy atom. The quantitative estimate of drug-likeness (QED) is 0.261. The summed E-state index contributed by atoms with van der Waals surface area (Å²) in [6.45, 7) is 19.5. The third kappa shape index (κ3) is 12.0. The summed E-state index contributed by atoms with van der Waals surface area (Å²) in [4.78, 5) is 32.7. The molecule has 2 heterocycles. The molecule has 1 aliphatic heterocycles. The minimum atomic E-state index is -0.139. The van der Waals surface area contributed by atoms with Crippen molar-refractivity contribution in [3.8, 4) is 5.75 Å². The molecular weight excluding hydrogens is 514 g/mol. The van der Waals surface area contributed by atoms with E-state index in [4.69, 9.17) is 10.5 Å². The maximum absolute atomic E-state index is 12.7. The second kappa shape index (κ2) is 15.7. The molecule has 0 saturated carbocycles. The monoisotopic (exact) mass is 561 g/mol. The molecule has 4 N–H and O–H groups in total. The molecule has 1 aromatic carbocycles. The number of ether oxygens (including phenoxy) is 1. The van der Waals surface area contributed by atoms with E-state index in [1.807, 2.05) is 38.1 Å². The Kier molecular flexibility index (Phi) is 12.8. The summed E-state index contributed by atoms with van der Waals surface area (Å²) >= 11 is 0. The molecule has 1 amide bonds. The van der Waals surface area contributed by atoms with E-state index in [0.717, 1.165) is 46.7 Å². The number of Topliss-reactive ketones (excluding diaryl/α,β-unsaturated/α-hetero) is 1. The van der Waals surface area contributed by atoms with Crippen LogP contribution in [0.15, 0.2) is 53.9 Å². The Balaban J connectivity index is 0.00000108. The van der Waals surface area contributed by atoms with E-state index in [1.165, 1.54) is 0 Å². The van der Waals surface area contributed by atoms with Gasteiger partial charge in [-0.3, -0.25) is 4.79 Å². The Labute approximate surface area is 245 Å². The van der Waals surface area contributed by atoms with Crippen LogP contribution in [0.2, 0.25) is 0 Å². The summed E-state index contributed by atoms with van der Waals surface area (Å²) in [7, 11) is 0. The summed E-state index contributed by atoms with van der Waals surface area (Å²) < 4.78 is 5.92. The second-order valence-corrected chi connectivity index (χ2v) is 12.0. The van der Waals surface area contributed by atoms with Gasteiger partial charge in [0.2, 0.25) is 0 Å². The Bertz CT molecular complexity index is 1270. The first kappa shape index (κ1) is 33.3. The number of carbonyl (C=O) groups excluding carboxylic acids is 2. The van der Waals surface area contributed by atoms with Crippen molar-refractivity contribution in [3.05, 3.63) is 71.2 Å². The minimum absolute atomic E-state index is 0.139. The summed E-state index contributed by atoms with van der Waals surface area (Å²) in [6, 6.07) is 7.50. The van der Waals surface area contributed by atoms with E-state index in [2.05, 4.69) is 54.9 Å². The zero-order valence-corrected chi connectivity index (χ0v) is 25.8. The fourth-order valence-electron chi connectivity index (χ4n) is 4.07. The lowest BCUT2D eigenvalue weighted by Crippen LogP contribution is -2.30. The minimum Gasteiger partial charge on any atom is -0.492 e. The molecule has 0 saturated heterocycles. The van der Waals surface area contributed by atoms with Crippen LogP contribution < -0.4 is 21.1 Å². The van der Waals surface area contributed by atoms with Gasteiger partial charge in [0.25, 0.3) is 5.91 Å². The smallest absolute Gasteiger partial charge is 0.251 e. The molecule has 222 valence electrons. The van der Waals surface area contributed by atoms with E-state index >= 15 is 0 Å². The number of hydrogen-bond acceptors (Lipinski definition) is 7. The number of allylic oxidation sites excluding steroid dienone is 2. The lowest BCUT2D eigenvalue weighted by atomic mass is 10.00. The van der Waals surface area contributed by atoms with E-state index in [0.29, 0.717) is 37.1 Å². The van der Waals surface area contributed by atoms with Gasteiger partial charge < -0.3 is 25.9 Å². The average Bonchev–Trinajstić information content (AvgIpc) is 3.38. The van der Waals surface area contributed by atoms with Crippen LogP contribution in [0.1, 0.15) is 88.4 Å². The number of anilines is 1. The number of aliphatic imine (C=N–C) groups is 1. The fourth-order valence-corrected chi connectivity index (χ4v) is 4.07. The molecule has 1 aliphatic rings. The average molecular weight is 562 g/mol. The van der Waals surface area contributed by atoms with Crippen LogP contribution in [0, 0.1) is 11.3 Å². The van der Waals surface area contributed by atoms with E-state index < -0.39 is 0 Å². The van der Waals surface area contributed by atoms with Gasteiger partial charge in [-0.2, -0.15) is 0 Å². The first-order valence-corrected chi connectivity index (χ1v) is 14.2. The third-order valence-corrected chi connectivity index (χ3v) is 6.07. The zero-order chi connectivity index (χ0) is 30.6. The van der Waals surface area contributed by atoms with Crippen LogP contribution in [0.25, 0.3) is 5.57 Å². The van der Waals surface area contributed by atoms with Gasteiger partial charge in [-0.15, -0.1) is 0 Å². The Morgan fingerprint density at radius 2 is 1.95 bits per heavy atom. The number of nitrogens with one attached hydrogen (secondary N) is 2. The Morgan fingerprint density at radius 1 is 1.24 bits per heavy atom. The highest BCUT2D eigenvalue weighted by atomic mass is 16.5.